The second-order valence-corrected chi connectivity index (χ2v) is 22.2. The van der Waals surface area contributed by atoms with E-state index < -0.39 is 116 Å². The minimum atomic E-state index is -1.99. The summed E-state index contributed by atoms with van der Waals surface area (Å²) in [5, 5.41) is 67.2. The quantitative estimate of drug-likeness (QED) is 0.0192. The van der Waals surface area contributed by atoms with Gasteiger partial charge in [-0.1, -0.05) is 16.4 Å². The number of pyridine rings is 1. The first-order chi connectivity index (χ1) is 36.6. The monoisotopic (exact) mass is 1160 g/mol. The maximum absolute atomic E-state index is 13.9. The second kappa shape index (κ2) is 22.7. The average molecular weight is 1160 g/mol. The standard InChI is InChI=1S/C44H45N11O19S4/c1-42(2,36(64)65)71-41(70)72-52-40-47-21(17-78-40)23(51-74-44(5,6)38(68)69)29(57)48-24-30(58)54-26(34(60)61)18(14-75-32(24)54)12-45-39-46-20(16-77-39)22(50-73-43(3,4)37(66)67)28(56)49-25-31(59)55-27(35(62)63)19(15-76-33(25)55)13-53-10-8-7-9-11-53/h7-11,16-17,24-25,32-33H,12-15H2,1-6H3,(H8-,45,46,47,48,49,52,56,57,60,61,62,63,64,65,66,67,68,69)/b50-22-,51-23-/t24-,25-,32-,33-/m1/s1. The lowest BCUT2D eigenvalue weighted by atomic mass is 10.0. The molecule has 0 aromatic carbocycles. The number of carbonyl (C=O) groups is 10. The number of aliphatic carboxylic acids is 5. The van der Waals surface area contributed by atoms with E-state index in [-0.39, 0.29) is 57.5 Å². The van der Waals surface area contributed by atoms with Crippen LogP contribution >= 0.6 is 46.2 Å². The molecule has 0 spiro atoms. The number of rotatable bonds is 23. The van der Waals surface area contributed by atoms with E-state index in [1.54, 1.807) is 35.2 Å². The van der Waals surface area contributed by atoms with Crippen LogP contribution in [-0.4, -0.2) is 169 Å². The van der Waals surface area contributed by atoms with E-state index in [2.05, 4.69) is 41.7 Å². The van der Waals surface area contributed by atoms with Crippen molar-refractivity contribution in [3.8, 4) is 0 Å². The lowest BCUT2D eigenvalue weighted by Gasteiger charge is -2.50. The van der Waals surface area contributed by atoms with Gasteiger partial charge in [-0.2, -0.15) is 5.48 Å². The van der Waals surface area contributed by atoms with E-state index >= 15 is 0 Å². The summed E-state index contributed by atoms with van der Waals surface area (Å²) < 4.78 is 6.45. The first-order valence-electron chi connectivity index (χ1n) is 22.5. The Morgan fingerprint density at radius 2 is 1.18 bits per heavy atom. The molecule has 2 saturated heterocycles. The van der Waals surface area contributed by atoms with Gasteiger partial charge in [0.1, 0.15) is 39.9 Å². The molecule has 8 N–H and O–H groups in total. The number of hydrogen-bond donors (Lipinski definition) is 8. The van der Waals surface area contributed by atoms with Crippen LogP contribution in [0.2, 0.25) is 0 Å². The fraction of sp³-hybridized carbons (Fsp3) is 0.386. The van der Waals surface area contributed by atoms with Gasteiger partial charge in [0.25, 0.3) is 23.6 Å². The van der Waals surface area contributed by atoms with Crippen LogP contribution in [0.1, 0.15) is 52.9 Å². The summed E-state index contributed by atoms with van der Waals surface area (Å²) in [6.07, 6.45) is 1.98. The molecule has 0 saturated carbocycles. The first-order valence-corrected chi connectivity index (χ1v) is 26.3. The van der Waals surface area contributed by atoms with E-state index in [0.717, 1.165) is 85.8 Å². The zero-order valence-corrected chi connectivity index (χ0v) is 44.6. The van der Waals surface area contributed by atoms with Gasteiger partial charge in [-0.25, -0.2) is 38.5 Å². The van der Waals surface area contributed by atoms with Crippen LogP contribution in [0, 0.1) is 0 Å². The van der Waals surface area contributed by atoms with Crippen molar-refractivity contribution in [2.24, 2.45) is 10.3 Å². The van der Waals surface area contributed by atoms with Crippen LogP contribution in [0.25, 0.3) is 0 Å². The molecular weight excluding hydrogens is 1110 g/mol. The highest BCUT2D eigenvalue weighted by Gasteiger charge is 2.55. The third-order valence-corrected chi connectivity index (χ3v) is 15.6. The molecule has 3 aromatic rings. The van der Waals surface area contributed by atoms with E-state index in [9.17, 15) is 73.5 Å². The minimum absolute atomic E-state index is 0.0298. The van der Waals surface area contributed by atoms with Gasteiger partial charge in [-0.05, 0) is 47.1 Å². The number of thioether (sulfide) groups is 2. The topological polar surface area (TPSA) is 421 Å². The van der Waals surface area contributed by atoms with Crippen molar-refractivity contribution in [2.75, 3.05) is 28.8 Å². The Morgan fingerprint density at radius 1 is 0.705 bits per heavy atom. The molecule has 414 valence electrons. The molecule has 0 unspecified atom stereocenters. The number of fused-ring (bicyclic) bond motifs is 2. The smallest absolute Gasteiger partial charge is 0.534 e. The third kappa shape index (κ3) is 12.2. The number of carboxylic acid groups (broad SMARTS) is 5. The number of nitrogens with zero attached hydrogens (tertiary/aromatic N) is 7. The molecule has 4 aliphatic heterocycles. The highest BCUT2D eigenvalue weighted by Crippen LogP contribution is 2.42. The number of oxime groups is 2. The zero-order valence-electron chi connectivity index (χ0n) is 41.4. The van der Waals surface area contributed by atoms with Crippen LogP contribution in [0.3, 0.4) is 0 Å². The average Bonchev–Trinajstić information content (AvgIpc) is 4.19. The predicted octanol–water partition coefficient (Wildman–Crippen LogP) is -0.647. The Balaban J connectivity index is 1.04. The van der Waals surface area contributed by atoms with Crippen LogP contribution in [0.15, 0.2) is 74.2 Å². The molecule has 0 aliphatic carbocycles. The number of carbonyl (C=O) groups excluding carboxylic acids is 6. The van der Waals surface area contributed by atoms with Crippen LogP contribution in [-0.2, 0) is 68.9 Å². The molecule has 4 amide bonds. The molecule has 78 heavy (non-hydrogen) atoms. The molecule has 0 bridgehead atoms. The summed E-state index contributed by atoms with van der Waals surface area (Å²) in [6.45, 7) is 6.65. The molecule has 7 rings (SSSR count). The predicted molar refractivity (Wildman–Crippen MR) is 268 cm³/mol. The normalized spacial score (nSPS) is 19.5. The van der Waals surface area contributed by atoms with Gasteiger partial charge in [0, 0.05) is 46.5 Å². The van der Waals surface area contributed by atoms with Crippen molar-refractivity contribution in [2.45, 2.75) is 87.7 Å². The number of ether oxygens (including phenoxy) is 1. The molecule has 4 atom stereocenters. The number of hydrogen-bond acceptors (Lipinski definition) is 25. The molecule has 4 aliphatic rings. The van der Waals surface area contributed by atoms with E-state index in [1.807, 2.05) is 0 Å². The molecule has 34 heteroatoms. The Morgan fingerprint density at radius 3 is 1.67 bits per heavy atom. The van der Waals surface area contributed by atoms with Gasteiger partial charge in [-0.15, -0.1) is 46.2 Å². The van der Waals surface area contributed by atoms with Gasteiger partial charge < -0.3 is 65.5 Å². The Bertz CT molecular complexity index is 3140. The maximum Gasteiger partial charge on any atom is 0.534 e. The number of β-lactam (4-membered cyclic amide) rings is 2. The zero-order chi connectivity index (χ0) is 57.2. The van der Waals surface area contributed by atoms with E-state index in [0.29, 0.717) is 5.57 Å². The summed E-state index contributed by atoms with van der Waals surface area (Å²) in [7, 11) is 0. The first kappa shape index (κ1) is 57.3. The lowest BCUT2D eigenvalue weighted by Crippen LogP contribution is -2.71. The Kier molecular flexibility index (Phi) is 16.7. The molecule has 7 heterocycles. The molecule has 0 radical (unpaired) electrons. The lowest BCUT2D eigenvalue weighted by molar-refractivity contribution is -0.689. The summed E-state index contributed by atoms with van der Waals surface area (Å²) in [4.78, 5) is 153. The number of anilines is 2. The van der Waals surface area contributed by atoms with Crippen LogP contribution in [0.4, 0.5) is 15.1 Å². The van der Waals surface area contributed by atoms with Gasteiger partial charge in [0.05, 0.1) is 11.7 Å². The summed E-state index contributed by atoms with van der Waals surface area (Å²) >= 11 is 3.90. The molecule has 3 aromatic heterocycles. The van der Waals surface area contributed by atoms with Gasteiger partial charge in [0.2, 0.25) is 21.9 Å². The van der Waals surface area contributed by atoms with Crippen molar-refractivity contribution < 1.29 is 97.3 Å². The number of thiazole rings is 2. The molecule has 2 fully saturated rings. The third-order valence-electron chi connectivity index (χ3n) is 11.4. The van der Waals surface area contributed by atoms with Gasteiger partial charge >= 0.3 is 30.0 Å². The number of nitrogens with one attached hydrogen (secondary N) is 4. The highest BCUT2D eigenvalue weighted by molar-refractivity contribution is 8.00. The van der Waals surface area contributed by atoms with Crippen molar-refractivity contribution >= 4 is 128 Å². The summed E-state index contributed by atoms with van der Waals surface area (Å²) in [5.41, 5.74) is -5.69. The minimum Gasteiger partial charge on any atom is -0.543 e. The Labute approximate surface area is 455 Å². The fourth-order valence-electron chi connectivity index (χ4n) is 7.03. The number of aromatic nitrogens is 3. The van der Waals surface area contributed by atoms with E-state index in [4.69, 9.17) is 19.2 Å². The Hall–Kier alpha value is -8.37. The fourth-order valence-corrected chi connectivity index (χ4v) is 11.0. The van der Waals surface area contributed by atoms with Crippen molar-refractivity contribution in [3.63, 3.8) is 0 Å². The van der Waals surface area contributed by atoms with Gasteiger partial charge in [0.15, 0.2) is 35.5 Å². The maximum atomic E-state index is 13.9. The van der Waals surface area contributed by atoms with Crippen LogP contribution < -0.4 is 31.1 Å². The van der Waals surface area contributed by atoms with Crippen molar-refractivity contribution in [1.29, 1.82) is 0 Å². The summed E-state index contributed by atoms with van der Waals surface area (Å²) in [6, 6.07) is 2.65. The van der Waals surface area contributed by atoms with Crippen molar-refractivity contribution in [1.82, 2.24) is 30.4 Å². The number of carboxylic acids is 5. The molecule has 30 nitrogen and oxygen atoms in total. The number of amides is 4. The van der Waals surface area contributed by atoms with Crippen molar-refractivity contribution in [3.05, 3.63) is 75.3 Å². The second-order valence-electron chi connectivity index (χ2n) is 18.3. The van der Waals surface area contributed by atoms with Gasteiger partial charge in [-0.3, -0.25) is 29.0 Å². The SMILES string of the molecule is CC(C)(O/N=C(\C(=O)N[C@@H]1C(=O)N2C(C(=O)[O-])=C(C[n+]3ccccc3)CS[C@H]12)c1csc(NCC2=C(C(=O)O)N3C(=O)[C@@H](NC(=O)/C(=N\OC(C)(C)C(=O)O)c4csc(NOC(=O)OC(C)(C)C(=O)O)n4)[C@H]3SC2)n1)C(=O)O. The molecular formula is C44H45N11O19S4. The summed E-state index contributed by atoms with van der Waals surface area (Å²) in [5.74, 6) is -11.2. The van der Waals surface area contributed by atoms with Crippen LogP contribution in [0.5, 0.6) is 0 Å². The largest absolute Gasteiger partial charge is 0.543 e. The highest BCUT2D eigenvalue weighted by atomic mass is 32.2. The van der Waals surface area contributed by atoms with E-state index in [1.165, 1.54) is 22.5 Å².